The maximum atomic E-state index is 14.6. The van der Waals surface area contributed by atoms with Gasteiger partial charge in [-0.3, -0.25) is 24.0 Å². The molecule has 0 radical (unpaired) electrons. The van der Waals surface area contributed by atoms with E-state index in [9.17, 15) is 39.0 Å². The lowest BCUT2D eigenvalue weighted by Gasteiger charge is -2.32. The van der Waals surface area contributed by atoms with Gasteiger partial charge in [-0.2, -0.15) is 0 Å². The molecule has 1 fully saturated rings. The number of nitrogens with zero attached hydrogens (tertiary/aromatic N) is 4. The van der Waals surface area contributed by atoms with E-state index in [0.717, 1.165) is 0 Å². The molecule has 3 aliphatic rings. The Kier molecular flexibility index (Phi) is 14.5. The second kappa shape index (κ2) is 20.2. The highest BCUT2D eigenvalue weighted by atomic mass is 16.5. The third-order valence-corrected chi connectivity index (χ3v) is 11.1. The molecular weight excluding hydrogens is 799 g/mol. The molecule has 4 heterocycles. The molecule has 7 rings (SSSR count). The molecule has 3 aliphatic heterocycles. The number of benzene rings is 3. The van der Waals surface area contributed by atoms with Crippen molar-refractivity contribution in [1.82, 2.24) is 46.5 Å². The molecule has 1 saturated heterocycles. The number of nitrogens with one attached hydrogen (secondary N) is 5. The number of aromatic nitrogens is 3. The summed E-state index contributed by atoms with van der Waals surface area (Å²) < 4.78 is 7.53. The minimum atomic E-state index is -1.39. The van der Waals surface area contributed by atoms with Gasteiger partial charge in [0.2, 0.25) is 29.5 Å². The van der Waals surface area contributed by atoms with E-state index >= 15 is 0 Å². The smallest absolute Gasteiger partial charge is 0.326 e. The van der Waals surface area contributed by atoms with Crippen LogP contribution in [-0.4, -0.2) is 115 Å². The molecule has 1 aromatic heterocycles. The number of carboxylic acids is 1. The van der Waals surface area contributed by atoms with Gasteiger partial charge in [0.05, 0.1) is 18.3 Å². The van der Waals surface area contributed by atoms with Crippen LogP contribution in [0.2, 0.25) is 0 Å². The Morgan fingerprint density at radius 2 is 1.48 bits per heavy atom. The summed E-state index contributed by atoms with van der Waals surface area (Å²) in [6.45, 7) is 5.29. The number of hydrogen-bond acceptors (Lipinski definition) is 11. The van der Waals surface area contributed by atoms with Crippen LogP contribution < -0.4 is 31.3 Å². The first-order valence-corrected chi connectivity index (χ1v) is 20.5. The zero-order chi connectivity index (χ0) is 44.5. The molecule has 5 amide bonds. The van der Waals surface area contributed by atoms with Gasteiger partial charge in [0.1, 0.15) is 54.0 Å². The summed E-state index contributed by atoms with van der Waals surface area (Å²) in [7, 11) is 1.63. The van der Waals surface area contributed by atoms with E-state index in [1.165, 1.54) is 17.0 Å². The quantitative estimate of drug-likeness (QED) is 0.111. The molecule has 4 aromatic rings. The maximum Gasteiger partial charge on any atom is 0.326 e. The number of aliphatic carboxylic acids is 1. The number of hydrogen-bond donors (Lipinski definition) is 7. The molecule has 7 unspecified atom stereocenters. The highest BCUT2D eigenvalue weighted by Crippen LogP contribution is 2.29. The van der Waals surface area contributed by atoms with Crippen molar-refractivity contribution in [2.75, 3.05) is 13.6 Å². The van der Waals surface area contributed by atoms with E-state index in [1.54, 1.807) is 105 Å². The summed E-state index contributed by atoms with van der Waals surface area (Å²) in [6, 6.07) is 14.3. The standard InChI is InChI=1S/C44H53N9O9/c1-25(2)38(49-39(55)26(3)45-4)43(59)52-23-31-21-37(52)42(58)47-35(18-27-8-6-5-7-9-27)40(56)46-34(19-28-10-14-32(54)15-11-28)41(57)48-36(44(60)61)20-29-12-16-33(17-13-29)62-24-30-22-53(31)51-50-30/h5-17,22,25-26,31,34-38,45,54H,18-21,23-24H2,1-4H3,(H,46,56)(H,47,58)(H,48,57)(H,49,55)(H,60,61). The van der Waals surface area contributed by atoms with Gasteiger partial charge in [0.25, 0.3) is 0 Å². The number of ether oxygens (including phenoxy) is 1. The lowest BCUT2D eigenvalue weighted by Crippen LogP contribution is -2.60. The van der Waals surface area contributed by atoms with Crippen LogP contribution in [0.25, 0.3) is 0 Å². The average Bonchev–Trinajstić information content (AvgIpc) is 3.93. The Morgan fingerprint density at radius 3 is 2.11 bits per heavy atom. The predicted octanol–water partition coefficient (Wildman–Crippen LogP) is 1.03. The van der Waals surface area contributed by atoms with Gasteiger partial charge in [-0.25, -0.2) is 9.48 Å². The fraction of sp³-hybridized carbons (Fsp3) is 0.409. The largest absolute Gasteiger partial charge is 0.508 e. The number of fused-ring (bicyclic) bond motifs is 12. The van der Waals surface area contributed by atoms with Crippen LogP contribution in [0, 0.1) is 5.92 Å². The number of carboxylic acid groups (broad SMARTS) is 1. The number of carbonyl (C=O) groups is 6. The number of likely N-dealkylation sites (tertiary alicyclic amines) is 1. The normalized spacial score (nSPS) is 21.9. The van der Waals surface area contributed by atoms with Crippen LogP contribution in [0.4, 0.5) is 0 Å². The van der Waals surface area contributed by atoms with Gasteiger partial charge in [-0.1, -0.05) is 73.7 Å². The molecule has 18 nitrogen and oxygen atoms in total. The average molecular weight is 852 g/mol. The molecule has 7 N–H and O–H groups in total. The molecular formula is C44H53N9O9. The zero-order valence-corrected chi connectivity index (χ0v) is 35.0. The summed E-state index contributed by atoms with van der Waals surface area (Å²) in [5.41, 5.74) is 2.29. The first-order valence-electron chi connectivity index (χ1n) is 20.5. The van der Waals surface area contributed by atoms with Crippen molar-refractivity contribution in [1.29, 1.82) is 0 Å². The SMILES string of the molecule is CNC(C)C(=O)NC(C(=O)N1CC2CC1C(=O)NC(Cc1ccccc1)C(=O)NC(Cc1ccc(O)cc1)C(=O)NC(C(=O)O)Cc1ccc(cc1)OCc1cn2nn1)C(C)C. The van der Waals surface area contributed by atoms with E-state index in [-0.39, 0.29) is 50.5 Å². The first-order chi connectivity index (χ1) is 29.7. The highest BCUT2D eigenvalue weighted by Gasteiger charge is 2.45. The monoisotopic (exact) mass is 851 g/mol. The first kappa shape index (κ1) is 44.7. The second-order valence-electron chi connectivity index (χ2n) is 16.0. The Labute approximate surface area is 358 Å². The number of phenols is 1. The third-order valence-electron chi connectivity index (χ3n) is 11.1. The fourth-order valence-electron chi connectivity index (χ4n) is 7.42. The lowest BCUT2D eigenvalue weighted by atomic mass is 10.0. The summed E-state index contributed by atoms with van der Waals surface area (Å²) in [5.74, 6) is -4.31. The number of carbonyl (C=O) groups excluding carboxylic acids is 5. The second-order valence-corrected chi connectivity index (χ2v) is 16.0. The van der Waals surface area contributed by atoms with Crippen molar-refractivity contribution in [3.8, 4) is 11.5 Å². The van der Waals surface area contributed by atoms with Crippen molar-refractivity contribution in [2.24, 2.45) is 5.92 Å². The van der Waals surface area contributed by atoms with Crippen molar-refractivity contribution >= 4 is 35.5 Å². The van der Waals surface area contributed by atoms with Gasteiger partial charge in [0.15, 0.2) is 0 Å². The topological polar surface area (TPSA) is 246 Å². The van der Waals surface area contributed by atoms with Gasteiger partial charge in [-0.15, -0.1) is 5.10 Å². The minimum absolute atomic E-state index is 0.0111. The summed E-state index contributed by atoms with van der Waals surface area (Å²) in [4.78, 5) is 84.7. The van der Waals surface area contributed by atoms with Gasteiger partial charge in [0, 0.05) is 32.2 Å². The van der Waals surface area contributed by atoms with Crippen molar-refractivity contribution in [2.45, 2.75) is 95.4 Å². The van der Waals surface area contributed by atoms with Gasteiger partial charge in [-0.05, 0) is 60.8 Å². The van der Waals surface area contributed by atoms with Crippen LogP contribution in [0.5, 0.6) is 11.5 Å². The van der Waals surface area contributed by atoms with Crippen LogP contribution in [-0.2, 0) is 54.6 Å². The van der Waals surface area contributed by atoms with Gasteiger partial charge < -0.3 is 46.4 Å². The van der Waals surface area contributed by atoms with Crippen LogP contribution >= 0.6 is 0 Å². The van der Waals surface area contributed by atoms with Crippen LogP contribution in [0.15, 0.2) is 85.1 Å². The lowest BCUT2D eigenvalue weighted by molar-refractivity contribution is -0.143. The van der Waals surface area contributed by atoms with Crippen LogP contribution in [0.3, 0.4) is 0 Å². The van der Waals surface area contributed by atoms with E-state index < -0.39 is 77.8 Å². The van der Waals surface area contributed by atoms with E-state index in [4.69, 9.17) is 4.74 Å². The van der Waals surface area contributed by atoms with Gasteiger partial charge >= 0.3 is 5.97 Å². The third kappa shape index (κ3) is 11.3. The maximum absolute atomic E-state index is 14.6. The number of likely N-dealkylation sites (N-methyl/N-ethyl adjacent to an activating group) is 1. The summed E-state index contributed by atoms with van der Waals surface area (Å²) >= 11 is 0. The van der Waals surface area contributed by atoms with Crippen molar-refractivity contribution in [3.05, 3.63) is 107 Å². The molecule has 3 aromatic carbocycles. The summed E-state index contributed by atoms with van der Waals surface area (Å²) in [6.07, 6.45) is 1.56. The predicted molar refractivity (Wildman–Crippen MR) is 224 cm³/mol. The Balaban J connectivity index is 1.39. The number of amides is 5. The van der Waals surface area contributed by atoms with E-state index in [0.29, 0.717) is 28.1 Å². The molecule has 0 aliphatic carbocycles. The minimum Gasteiger partial charge on any atom is -0.508 e. The molecule has 7 atom stereocenters. The molecule has 0 saturated carbocycles. The Hall–Kier alpha value is -6.82. The number of rotatable bonds is 10. The zero-order valence-electron chi connectivity index (χ0n) is 35.0. The molecule has 62 heavy (non-hydrogen) atoms. The van der Waals surface area contributed by atoms with E-state index in [1.807, 2.05) is 0 Å². The molecule has 0 spiro atoms. The highest BCUT2D eigenvalue weighted by molar-refractivity contribution is 5.97. The molecule has 6 bridgehead atoms. The van der Waals surface area contributed by atoms with Crippen molar-refractivity contribution in [3.63, 3.8) is 0 Å². The van der Waals surface area contributed by atoms with Crippen LogP contribution in [0.1, 0.15) is 55.6 Å². The fourth-order valence-corrected chi connectivity index (χ4v) is 7.42. The number of aromatic hydroxyl groups is 1. The Bertz CT molecular complexity index is 2220. The molecule has 18 heteroatoms. The van der Waals surface area contributed by atoms with Crippen molar-refractivity contribution < 1.29 is 43.7 Å². The number of phenolic OH excluding ortho intramolecular Hbond substituents is 1. The summed E-state index contributed by atoms with van der Waals surface area (Å²) in [5, 5.41) is 42.6. The Morgan fingerprint density at radius 1 is 0.855 bits per heavy atom. The molecule has 328 valence electrons. The van der Waals surface area contributed by atoms with E-state index in [2.05, 4.69) is 36.9 Å².